The van der Waals surface area contributed by atoms with E-state index in [2.05, 4.69) is 5.16 Å². The van der Waals surface area contributed by atoms with Crippen LogP contribution in [0.1, 0.15) is 42.9 Å². The number of aryl methyl sites for hydroxylation is 1. The lowest BCUT2D eigenvalue weighted by atomic mass is 10.0. The Kier molecular flexibility index (Phi) is 8.25. The summed E-state index contributed by atoms with van der Waals surface area (Å²) >= 11 is 0. The summed E-state index contributed by atoms with van der Waals surface area (Å²) in [5.74, 6) is 0.223. The zero-order valence-corrected chi connectivity index (χ0v) is 18.9. The highest BCUT2D eigenvalue weighted by atomic mass is 16.6. The molecule has 1 unspecified atom stereocenters. The summed E-state index contributed by atoms with van der Waals surface area (Å²) in [4.78, 5) is 32.1. The van der Waals surface area contributed by atoms with Gasteiger partial charge in [-0.1, -0.05) is 47.1 Å². The summed E-state index contributed by atoms with van der Waals surface area (Å²) in [6, 6.07) is 15.7. The van der Waals surface area contributed by atoms with E-state index in [1.807, 2.05) is 55.5 Å². The van der Waals surface area contributed by atoms with Crippen molar-refractivity contribution in [3.63, 3.8) is 0 Å². The zero-order valence-electron chi connectivity index (χ0n) is 18.9. The number of nitrogens with zero attached hydrogens (tertiary/aromatic N) is 2. The standard InChI is InChI=1S/C25H30N2O5/c1-4-31-25(29)13-12-24(28)27(16-19-6-5-7-21(14-19)30-3)17-22-15-23(26-32-22)20-10-8-18(2)9-11-20/h5-11,14,22H,4,12-13,15-17H2,1-3H3. The van der Waals surface area contributed by atoms with Crippen LogP contribution in [0, 0.1) is 6.92 Å². The third kappa shape index (κ3) is 6.57. The van der Waals surface area contributed by atoms with Crippen LogP contribution in [0.25, 0.3) is 0 Å². The van der Waals surface area contributed by atoms with Crippen LogP contribution in [-0.4, -0.2) is 48.9 Å². The van der Waals surface area contributed by atoms with E-state index in [0.29, 0.717) is 26.1 Å². The van der Waals surface area contributed by atoms with E-state index >= 15 is 0 Å². The van der Waals surface area contributed by atoms with Crippen molar-refractivity contribution < 1.29 is 23.9 Å². The average Bonchev–Trinajstić information content (AvgIpc) is 3.26. The van der Waals surface area contributed by atoms with Gasteiger partial charge in [0, 0.05) is 19.4 Å². The highest BCUT2D eigenvalue weighted by Crippen LogP contribution is 2.21. The summed E-state index contributed by atoms with van der Waals surface area (Å²) in [6.07, 6.45) is 0.505. The van der Waals surface area contributed by atoms with Gasteiger partial charge in [-0.2, -0.15) is 0 Å². The molecule has 0 saturated carbocycles. The number of hydrogen-bond acceptors (Lipinski definition) is 6. The predicted molar refractivity (Wildman–Crippen MR) is 121 cm³/mol. The molecule has 7 nitrogen and oxygen atoms in total. The first kappa shape index (κ1) is 23.3. The van der Waals surface area contributed by atoms with Gasteiger partial charge in [0.2, 0.25) is 5.91 Å². The fraction of sp³-hybridized carbons (Fsp3) is 0.400. The molecule has 2 aromatic rings. The largest absolute Gasteiger partial charge is 0.497 e. The monoisotopic (exact) mass is 438 g/mol. The van der Waals surface area contributed by atoms with E-state index in [0.717, 1.165) is 22.6 Å². The maximum Gasteiger partial charge on any atom is 0.306 e. The Hall–Kier alpha value is -3.35. The number of ether oxygens (including phenoxy) is 2. The number of hydrogen-bond donors (Lipinski definition) is 0. The third-order valence-corrected chi connectivity index (χ3v) is 5.25. The van der Waals surface area contributed by atoms with Gasteiger partial charge in [0.25, 0.3) is 0 Å². The Balaban J connectivity index is 1.67. The normalized spacial score (nSPS) is 15.0. The molecule has 7 heteroatoms. The number of amides is 1. The van der Waals surface area contributed by atoms with Crippen molar-refractivity contribution in [2.75, 3.05) is 20.3 Å². The molecular weight excluding hydrogens is 408 g/mol. The summed E-state index contributed by atoms with van der Waals surface area (Å²) in [5, 5.41) is 4.25. The second-order valence-corrected chi connectivity index (χ2v) is 7.77. The lowest BCUT2D eigenvalue weighted by Gasteiger charge is -2.25. The van der Waals surface area contributed by atoms with Crippen molar-refractivity contribution in [3.05, 3.63) is 65.2 Å². The average molecular weight is 439 g/mol. The molecule has 0 N–H and O–H groups in total. The maximum atomic E-state index is 13.0. The predicted octanol–water partition coefficient (Wildman–Crippen LogP) is 3.87. The van der Waals surface area contributed by atoms with E-state index in [-0.39, 0.29) is 30.8 Å². The van der Waals surface area contributed by atoms with Crippen molar-refractivity contribution in [1.29, 1.82) is 0 Å². The number of carbonyl (C=O) groups is 2. The molecule has 3 rings (SSSR count). The first-order chi connectivity index (χ1) is 15.5. The molecule has 0 radical (unpaired) electrons. The van der Waals surface area contributed by atoms with Gasteiger partial charge in [0.1, 0.15) is 5.75 Å². The number of benzene rings is 2. The van der Waals surface area contributed by atoms with Crippen molar-refractivity contribution in [2.45, 2.75) is 45.8 Å². The quantitative estimate of drug-likeness (QED) is 0.526. The molecule has 1 heterocycles. The van der Waals surface area contributed by atoms with E-state index in [4.69, 9.17) is 14.3 Å². The molecule has 32 heavy (non-hydrogen) atoms. The first-order valence-electron chi connectivity index (χ1n) is 10.8. The Morgan fingerprint density at radius 3 is 2.66 bits per heavy atom. The molecule has 2 aromatic carbocycles. The molecule has 170 valence electrons. The highest BCUT2D eigenvalue weighted by Gasteiger charge is 2.27. The van der Waals surface area contributed by atoms with Gasteiger partial charge < -0.3 is 19.2 Å². The van der Waals surface area contributed by atoms with Gasteiger partial charge in [0.05, 0.1) is 32.4 Å². The van der Waals surface area contributed by atoms with Crippen LogP contribution in [-0.2, 0) is 25.7 Å². The molecular formula is C25H30N2O5. The molecule has 0 aliphatic carbocycles. The fourth-order valence-corrected chi connectivity index (χ4v) is 3.53. The van der Waals surface area contributed by atoms with E-state index in [9.17, 15) is 9.59 Å². The first-order valence-corrected chi connectivity index (χ1v) is 10.8. The minimum absolute atomic E-state index is 0.0535. The van der Waals surface area contributed by atoms with Gasteiger partial charge in [-0.15, -0.1) is 0 Å². The van der Waals surface area contributed by atoms with Gasteiger partial charge >= 0.3 is 5.97 Å². The van der Waals surface area contributed by atoms with Gasteiger partial charge in [-0.05, 0) is 37.1 Å². The summed E-state index contributed by atoms with van der Waals surface area (Å²) in [6.45, 7) is 4.85. The van der Waals surface area contributed by atoms with Gasteiger partial charge in [0.15, 0.2) is 6.10 Å². The van der Waals surface area contributed by atoms with Crippen molar-refractivity contribution in [1.82, 2.24) is 4.90 Å². The SMILES string of the molecule is CCOC(=O)CCC(=O)N(Cc1cccc(OC)c1)CC1CC(c2ccc(C)cc2)=NO1. The third-order valence-electron chi connectivity index (χ3n) is 5.25. The van der Waals surface area contributed by atoms with Crippen molar-refractivity contribution >= 4 is 17.6 Å². The van der Waals surface area contributed by atoms with Crippen molar-refractivity contribution in [2.24, 2.45) is 5.16 Å². The van der Waals surface area contributed by atoms with Crippen LogP contribution < -0.4 is 4.74 Å². The number of carbonyl (C=O) groups excluding carboxylic acids is 2. The van der Waals surface area contributed by atoms with Crippen LogP contribution in [0.2, 0.25) is 0 Å². The second kappa shape index (κ2) is 11.3. The lowest BCUT2D eigenvalue weighted by Crippen LogP contribution is -2.37. The van der Waals surface area contributed by atoms with Crippen LogP contribution in [0.15, 0.2) is 53.7 Å². The van der Waals surface area contributed by atoms with Crippen LogP contribution >= 0.6 is 0 Å². The molecule has 1 aliphatic rings. The van der Waals surface area contributed by atoms with Gasteiger partial charge in [-0.3, -0.25) is 9.59 Å². The maximum absolute atomic E-state index is 13.0. The molecule has 0 saturated heterocycles. The molecule has 0 bridgehead atoms. The molecule has 1 amide bonds. The second-order valence-electron chi connectivity index (χ2n) is 7.77. The minimum atomic E-state index is -0.371. The minimum Gasteiger partial charge on any atom is -0.497 e. The van der Waals surface area contributed by atoms with Crippen LogP contribution in [0.4, 0.5) is 0 Å². The van der Waals surface area contributed by atoms with Crippen LogP contribution in [0.5, 0.6) is 5.75 Å². The number of rotatable bonds is 10. The summed E-state index contributed by atoms with van der Waals surface area (Å²) < 4.78 is 10.3. The Morgan fingerprint density at radius 2 is 1.94 bits per heavy atom. The van der Waals surface area contributed by atoms with E-state index in [1.165, 1.54) is 5.56 Å². The number of methoxy groups -OCH3 is 1. The van der Waals surface area contributed by atoms with Crippen molar-refractivity contribution in [3.8, 4) is 5.75 Å². The zero-order chi connectivity index (χ0) is 22.9. The van der Waals surface area contributed by atoms with E-state index in [1.54, 1.807) is 18.9 Å². The molecule has 1 atom stereocenters. The van der Waals surface area contributed by atoms with Crippen LogP contribution in [0.3, 0.4) is 0 Å². The summed E-state index contributed by atoms with van der Waals surface area (Å²) in [5.41, 5.74) is 4.01. The molecule has 0 fully saturated rings. The summed E-state index contributed by atoms with van der Waals surface area (Å²) in [7, 11) is 1.61. The Bertz CT molecular complexity index is 955. The molecule has 0 spiro atoms. The van der Waals surface area contributed by atoms with E-state index < -0.39 is 0 Å². The smallest absolute Gasteiger partial charge is 0.306 e. The Labute approximate surface area is 188 Å². The lowest BCUT2D eigenvalue weighted by molar-refractivity contribution is -0.146. The highest BCUT2D eigenvalue weighted by molar-refractivity contribution is 6.01. The molecule has 1 aliphatic heterocycles. The van der Waals surface area contributed by atoms with Gasteiger partial charge in [-0.25, -0.2) is 0 Å². The topological polar surface area (TPSA) is 77.4 Å². The Morgan fingerprint density at radius 1 is 1.16 bits per heavy atom. The molecule has 0 aromatic heterocycles. The fourth-order valence-electron chi connectivity index (χ4n) is 3.53. The number of oxime groups is 1. The number of esters is 1.